The van der Waals surface area contributed by atoms with Crippen LogP contribution in [0.3, 0.4) is 0 Å². The summed E-state index contributed by atoms with van der Waals surface area (Å²) in [4.78, 5) is 0. The van der Waals surface area contributed by atoms with Gasteiger partial charge in [0.15, 0.2) is 5.71 Å². The summed E-state index contributed by atoms with van der Waals surface area (Å²) in [6.45, 7) is 5.22. The molecule has 1 N–H and O–H groups in total. The van der Waals surface area contributed by atoms with Crippen LogP contribution in [-0.4, -0.2) is 22.5 Å². The number of nitrogens with one attached hydrogen (secondary N) is 1. The Bertz CT molecular complexity index is 273. The van der Waals surface area contributed by atoms with Crippen molar-refractivity contribution in [1.82, 2.24) is 10.5 Å². The second kappa shape index (κ2) is 3.18. The maximum absolute atomic E-state index is 12.2. The Morgan fingerprint density at radius 1 is 1.36 bits per heavy atom. The molecule has 0 fully saturated rings. The van der Waals surface area contributed by atoms with Gasteiger partial charge in [-0.2, -0.15) is 18.3 Å². The zero-order valence-corrected chi connectivity index (χ0v) is 8.11. The molecule has 0 atom stereocenters. The zero-order chi connectivity index (χ0) is 11.0. The first-order chi connectivity index (χ1) is 6.21. The van der Waals surface area contributed by atoms with Crippen molar-refractivity contribution >= 4 is 5.71 Å². The summed E-state index contributed by atoms with van der Waals surface area (Å²) in [5.74, 6) is 0. The highest BCUT2D eigenvalue weighted by molar-refractivity contribution is 5.99. The number of hydrazone groups is 1. The first kappa shape index (κ1) is 10.9. The van der Waals surface area contributed by atoms with Gasteiger partial charge in [0.1, 0.15) is 0 Å². The molecule has 0 aromatic heterocycles. The molecule has 1 rings (SSSR count). The number of allylic oxidation sites excluding steroid dienone is 1. The highest BCUT2D eigenvalue weighted by atomic mass is 19.4. The van der Waals surface area contributed by atoms with Crippen LogP contribution in [0.1, 0.15) is 20.8 Å². The van der Waals surface area contributed by atoms with Gasteiger partial charge in [0, 0.05) is 0 Å². The molecule has 1 heterocycles. The van der Waals surface area contributed by atoms with Crippen LogP contribution < -0.4 is 5.43 Å². The number of hydrogen-bond donors (Lipinski definition) is 1. The summed E-state index contributed by atoms with van der Waals surface area (Å²) in [6.07, 6.45) is -1.35. The molecule has 0 aliphatic carbocycles. The van der Waals surface area contributed by atoms with Gasteiger partial charge in [-0.1, -0.05) is 0 Å². The Kier molecular flexibility index (Phi) is 2.47. The molecule has 6 heteroatoms. The lowest BCUT2D eigenvalue weighted by molar-refractivity contribution is -0.0615. The van der Waals surface area contributed by atoms with Gasteiger partial charge >= 0.3 is 6.18 Å². The zero-order valence-electron chi connectivity index (χ0n) is 8.11. The van der Waals surface area contributed by atoms with Crippen molar-refractivity contribution in [3.63, 3.8) is 0 Å². The van der Waals surface area contributed by atoms with E-state index in [2.05, 4.69) is 16.7 Å². The average Bonchev–Trinajstić information content (AvgIpc) is 2.01. The Balaban J connectivity index is 2.90. The van der Waals surface area contributed by atoms with E-state index in [1.165, 1.54) is 0 Å². The van der Waals surface area contributed by atoms with Crippen molar-refractivity contribution < 1.29 is 13.2 Å². The third kappa shape index (κ3) is 2.40. The van der Waals surface area contributed by atoms with Crippen molar-refractivity contribution in [3.05, 3.63) is 12.3 Å². The number of halogens is 3. The van der Waals surface area contributed by atoms with E-state index in [1.807, 2.05) is 0 Å². The topological polar surface area (TPSA) is 27.6 Å². The van der Waals surface area contributed by atoms with Gasteiger partial charge in [0.05, 0.1) is 11.7 Å². The highest BCUT2D eigenvalue weighted by Gasteiger charge is 2.37. The summed E-state index contributed by atoms with van der Waals surface area (Å²) < 4.78 is 36.7. The minimum absolute atomic E-state index is 0.530. The molecule has 0 bridgehead atoms. The monoisotopic (exact) mass is 206 g/mol. The van der Waals surface area contributed by atoms with Crippen molar-refractivity contribution in [2.75, 3.05) is 0 Å². The van der Waals surface area contributed by atoms with Crippen LogP contribution in [0.4, 0.5) is 13.2 Å². The summed E-state index contributed by atoms with van der Waals surface area (Å²) in [5.41, 5.74) is 1.02. The molecule has 0 aromatic carbocycles. The smallest absolute Gasteiger partial charge is 0.280 e. The van der Waals surface area contributed by atoms with Crippen LogP contribution in [0.5, 0.6) is 0 Å². The van der Waals surface area contributed by atoms with Gasteiger partial charge in [0.2, 0.25) is 0 Å². The predicted octanol–water partition coefficient (Wildman–Crippen LogP) is 1.84. The van der Waals surface area contributed by atoms with Crippen molar-refractivity contribution in [2.24, 2.45) is 5.10 Å². The first-order valence-electron chi connectivity index (χ1n) is 4.02. The first-order valence-corrected chi connectivity index (χ1v) is 4.02. The van der Waals surface area contributed by atoms with Crippen LogP contribution in [0.25, 0.3) is 0 Å². The van der Waals surface area contributed by atoms with Gasteiger partial charge in [-0.3, -0.25) is 5.43 Å². The fourth-order valence-corrected chi connectivity index (χ4v) is 0.780. The maximum atomic E-state index is 12.2. The maximum Gasteiger partial charge on any atom is 0.435 e. The van der Waals surface area contributed by atoms with E-state index in [0.29, 0.717) is 0 Å². The van der Waals surface area contributed by atoms with Crippen molar-refractivity contribution in [2.45, 2.75) is 32.5 Å². The summed E-state index contributed by atoms with van der Waals surface area (Å²) in [6, 6.07) is 0. The van der Waals surface area contributed by atoms with Crippen molar-refractivity contribution in [3.8, 4) is 0 Å². The minimum atomic E-state index is -4.43. The van der Waals surface area contributed by atoms with Crippen LogP contribution >= 0.6 is 0 Å². The van der Waals surface area contributed by atoms with Crippen LogP contribution in [-0.2, 0) is 0 Å². The molecule has 1 aliphatic rings. The molecule has 0 aromatic rings. The minimum Gasteiger partial charge on any atom is -0.280 e. The second-order valence-electron chi connectivity index (χ2n) is 3.87. The quantitative estimate of drug-likeness (QED) is 0.654. The van der Waals surface area contributed by atoms with Gasteiger partial charge in [-0.25, -0.2) is 5.12 Å². The number of hydrazine groups is 1. The molecule has 3 nitrogen and oxygen atoms in total. The Morgan fingerprint density at radius 2 is 1.93 bits per heavy atom. The van der Waals surface area contributed by atoms with E-state index < -0.39 is 17.4 Å². The molecule has 0 saturated heterocycles. The molecular formula is C8H11F3N3. The SMILES string of the molecule is CC(C)(C)N1N=C(C(F)(F)F)C=[C]N1. The lowest BCUT2D eigenvalue weighted by atomic mass is 10.1. The second-order valence-corrected chi connectivity index (χ2v) is 3.87. The average molecular weight is 206 g/mol. The molecule has 1 aliphatic heterocycles. The molecule has 0 amide bonds. The highest BCUT2D eigenvalue weighted by Crippen LogP contribution is 2.22. The summed E-state index contributed by atoms with van der Waals surface area (Å²) in [5, 5.41) is 4.54. The van der Waals surface area contributed by atoms with E-state index in [-0.39, 0.29) is 0 Å². The molecular weight excluding hydrogens is 195 g/mol. The van der Waals surface area contributed by atoms with E-state index in [0.717, 1.165) is 11.2 Å². The molecule has 0 spiro atoms. The number of alkyl halides is 3. The Labute approximate surface area is 80.2 Å². The normalized spacial score (nSPS) is 17.9. The van der Waals surface area contributed by atoms with Crippen LogP contribution in [0, 0.1) is 6.20 Å². The molecule has 0 saturated carbocycles. The molecule has 79 valence electrons. The van der Waals surface area contributed by atoms with Gasteiger partial charge in [-0.05, 0) is 26.8 Å². The Hall–Kier alpha value is -1.20. The van der Waals surface area contributed by atoms with Gasteiger partial charge in [0.25, 0.3) is 0 Å². The van der Waals surface area contributed by atoms with E-state index >= 15 is 0 Å². The summed E-state index contributed by atoms with van der Waals surface area (Å²) >= 11 is 0. The fourth-order valence-electron chi connectivity index (χ4n) is 0.780. The lowest BCUT2D eigenvalue weighted by Crippen LogP contribution is -2.48. The fraction of sp³-hybridized carbons (Fsp3) is 0.625. The third-order valence-electron chi connectivity index (χ3n) is 1.51. The van der Waals surface area contributed by atoms with Gasteiger partial charge < -0.3 is 0 Å². The third-order valence-corrected chi connectivity index (χ3v) is 1.51. The largest absolute Gasteiger partial charge is 0.435 e. The van der Waals surface area contributed by atoms with E-state index in [9.17, 15) is 13.2 Å². The predicted molar refractivity (Wildman–Crippen MR) is 46.0 cm³/mol. The molecule has 0 unspecified atom stereocenters. The van der Waals surface area contributed by atoms with E-state index in [1.54, 1.807) is 20.8 Å². The van der Waals surface area contributed by atoms with E-state index in [4.69, 9.17) is 0 Å². The molecule has 14 heavy (non-hydrogen) atoms. The Morgan fingerprint density at radius 3 is 2.36 bits per heavy atom. The van der Waals surface area contributed by atoms with Crippen LogP contribution in [0.15, 0.2) is 11.2 Å². The number of rotatable bonds is 0. The molecule has 1 radical (unpaired) electrons. The van der Waals surface area contributed by atoms with Crippen molar-refractivity contribution in [1.29, 1.82) is 0 Å². The number of hydrogen-bond acceptors (Lipinski definition) is 3. The lowest BCUT2D eigenvalue weighted by Gasteiger charge is -2.34. The van der Waals surface area contributed by atoms with Crippen LogP contribution in [0.2, 0.25) is 0 Å². The summed E-state index contributed by atoms with van der Waals surface area (Å²) in [7, 11) is 0. The number of nitrogens with zero attached hydrogens (tertiary/aromatic N) is 2. The van der Waals surface area contributed by atoms with Gasteiger partial charge in [-0.15, -0.1) is 0 Å². The standard InChI is InChI=1S/C8H11F3N3/c1-7(2,3)14-12-5-4-6(13-14)8(9,10)11/h4,12H,1-3H3.